The van der Waals surface area contributed by atoms with Gasteiger partial charge in [0.15, 0.2) is 0 Å². The Kier molecular flexibility index (Phi) is 5.56. The maximum Gasteiger partial charge on any atom is 0.274 e. The first-order chi connectivity index (χ1) is 16.6. The van der Waals surface area contributed by atoms with Crippen LogP contribution in [0.2, 0.25) is 0 Å². The summed E-state index contributed by atoms with van der Waals surface area (Å²) in [6, 6.07) is 11.4. The largest absolute Gasteiger partial charge is 0.380 e. The van der Waals surface area contributed by atoms with Crippen molar-refractivity contribution in [3.8, 4) is 11.4 Å². The second kappa shape index (κ2) is 8.86. The van der Waals surface area contributed by atoms with Gasteiger partial charge in [0, 0.05) is 42.4 Å². The van der Waals surface area contributed by atoms with E-state index in [4.69, 9.17) is 9.26 Å². The molecule has 0 radical (unpaired) electrons. The lowest BCUT2D eigenvalue weighted by atomic mass is 10.0. The number of benzene rings is 1. The van der Waals surface area contributed by atoms with E-state index in [0.717, 1.165) is 49.5 Å². The van der Waals surface area contributed by atoms with Crippen molar-refractivity contribution in [1.82, 2.24) is 23.8 Å². The molecular weight excluding hydrogens is 452 g/mol. The molecule has 9 nitrogen and oxygen atoms in total. The van der Waals surface area contributed by atoms with Crippen molar-refractivity contribution in [2.24, 2.45) is 0 Å². The van der Waals surface area contributed by atoms with Gasteiger partial charge in [-0.05, 0) is 37.1 Å². The fraction of sp³-hybridized carbons (Fsp3) is 0.333. The predicted octanol–water partition coefficient (Wildman–Crippen LogP) is 3.78. The van der Waals surface area contributed by atoms with Crippen molar-refractivity contribution in [2.45, 2.75) is 24.5 Å². The number of hydrogen-bond donors (Lipinski definition) is 1. The smallest absolute Gasteiger partial charge is 0.274 e. The second-order valence-corrected chi connectivity index (χ2v) is 10.0. The molecule has 5 heterocycles. The number of carbonyl (C=O) groups excluding carboxylic acids is 1. The molecule has 2 aliphatic rings. The number of imidazole rings is 1. The number of nitrogens with zero attached hydrogens (tertiary/aromatic N) is 5. The maximum atomic E-state index is 12.9. The number of rotatable bonds is 6. The van der Waals surface area contributed by atoms with Crippen LogP contribution < -0.4 is 5.32 Å². The number of amides is 1. The molecular formula is C24H24N6O3S. The predicted molar refractivity (Wildman–Crippen MR) is 129 cm³/mol. The molecule has 1 amide bonds. The molecule has 0 spiro atoms. The molecule has 2 fully saturated rings. The van der Waals surface area contributed by atoms with E-state index in [0.29, 0.717) is 28.3 Å². The van der Waals surface area contributed by atoms with Crippen molar-refractivity contribution in [3.05, 3.63) is 65.9 Å². The number of hydrogen-bond acceptors (Lipinski definition) is 8. The van der Waals surface area contributed by atoms with Crippen LogP contribution in [0.15, 0.2) is 53.3 Å². The lowest BCUT2D eigenvalue weighted by Gasteiger charge is -2.37. The van der Waals surface area contributed by atoms with Gasteiger partial charge in [0.1, 0.15) is 11.3 Å². The highest BCUT2D eigenvalue weighted by atomic mass is 32.2. The standard InChI is InChI=1S/C24H24N6O3S/c1-15-5-6-16(10-19(15)26-23(31)20-11-25-21-4-2-3-8-30(20)21)22-27-24(33-28-22)17-12-29(13-17)34-18-7-9-32-14-18/h2-6,8,10-11,17-18H,7,9,12-14H2,1H3,(H,26,31). The summed E-state index contributed by atoms with van der Waals surface area (Å²) in [6.45, 7) is 5.44. The summed E-state index contributed by atoms with van der Waals surface area (Å²) in [7, 11) is 0. The SMILES string of the molecule is Cc1ccc(-c2noc(C3CN(SC4CCOC4)C3)n2)cc1NC(=O)c1cnc2ccccn12. The van der Waals surface area contributed by atoms with E-state index in [1.807, 2.05) is 61.5 Å². The summed E-state index contributed by atoms with van der Waals surface area (Å²) in [6.07, 6.45) is 4.51. The van der Waals surface area contributed by atoms with E-state index >= 15 is 0 Å². The molecule has 1 atom stereocenters. The molecule has 2 saturated heterocycles. The number of carbonyl (C=O) groups is 1. The zero-order valence-electron chi connectivity index (χ0n) is 18.7. The fourth-order valence-electron chi connectivity index (χ4n) is 4.19. The van der Waals surface area contributed by atoms with Crippen LogP contribution in [0.5, 0.6) is 0 Å². The summed E-state index contributed by atoms with van der Waals surface area (Å²) in [5, 5.41) is 7.76. The highest BCUT2D eigenvalue weighted by molar-refractivity contribution is 7.97. The lowest BCUT2D eigenvalue weighted by molar-refractivity contribution is 0.102. The van der Waals surface area contributed by atoms with Crippen LogP contribution in [0.25, 0.3) is 17.0 Å². The normalized spacial score (nSPS) is 18.9. The van der Waals surface area contributed by atoms with E-state index in [1.165, 1.54) is 0 Å². The van der Waals surface area contributed by atoms with Crippen LogP contribution >= 0.6 is 11.9 Å². The van der Waals surface area contributed by atoms with Gasteiger partial charge in [-0.3, -0.25) is 9.20 Å². The quantitative estimate of drug-likeness (QED) is 0.420. The van der Waals surface area contributed by atoms with Gasteiger partial charge in [0.25, 0.3) is 5.91 Å². The number of fused-ring (bicyclic) bond motifs is 1. The molecule has 4 aromatic rings. The Hall–Kier alpha value is -3.21. The Balaban J connectivity index is 1.15. The number of nitrogens with one attached hydrogen (secondary N) is 1. The zero-order valence-corrected chi connectivity index (χ0v) is 19.5. The van der Waals surface area contributed by atoms with Gasteiger partial charge in [-0.15, -0.1) is 0 Å². The number of aryl methyl sites for hydroxylation is 1. The Labute approximate surface area is 200 Å². The summed E-state index contributed by atoms with van der Waals surface area (Å²) in [5.41, 5.74) is 3.63. The summed E-state index contributed by atoms with van der Waals surface area (Å²) < 4.78 is 15.1. The van der Waals surface area contributed by atoms with E-state index in [-0.39, 0.29) is 11.8 Å². The molecule has 6 rings (SSSR count). The Bertz CT molecular complexity index is 1340. The number of aromatic nitrogens is 4. The molecule has 1 unspecified atom stereocenters. The first kappa shape index (κ1) is 21.3. The molecule has 2 aliphatic heterocycles. The van der Waals surface area contributed by atoms with Gasteiger partial charge in [-0.2, -0.15) is 4.98 Å². The molecule has 1 N–H and O–H groups in total. The van der Waals surface area contributed by atoms with Crippen LogP contribution in [0, 0.1) is 6.92 Å². The van der Waals surface area contributed by atoms with E-state index < -0.39 is 0 Å². The highest BCUT2D eigenvalue weighted by Crippen LogP contribution is 2.36. The van der Waals surface area contributed by atoms with Crippen molar-refractivity contribution in [3.63, 3.8) is 0 Å². The average molecular weight is 477 g/mol. The number of pyridine rings is 1. The highest BCUT2D eigenvalue weighted by Gasteiger charge is 2.35. The molecule has 10 heteroatoms. The van der Waals surface area contributed by atoms with Crippen molar-refractivity contribution >= 4 is 29.2 Å². The minimum Gasteiger partial charge on any atom is -0.380 e. The summed E-state index contributed by atoms with van der Waals surface area (Å²) >= 11 is 1.88. The molecule has 174 valence electrons. The van der Waals surface area contributed by atoms with Crippen molar-refractivity contribution < 1.29 is 14.1 Å². The summed E-state index contributed by atoms with van der Waals surface area (Å²) in [5.74, 6) is 1.20. The van der Waals surface area contributed by atoms with Gasteiger partial charge in [-0.25, -0.2) is 9.29 Å². The average Bonchev–Trinajstić information content (AvgIpc) is 3.58. The fourth-order valence-corrected chi connectivity index (χ4v) is 5.50. The molecule has 0 bridgehead atoms. The molecule has 3 aromatic heterocycles. The number of anilines is 1. The minimum absolute atomic E-state index is 0.229. The minimum atomic E-state index is -0.229. The van der Waals surface area contributed by atoms with Crippen LogP contribution in [0.4, 0.5) is 5.69 Å². The van der Waals surface area contributed by atoms with Gasteiger partial charge in [-0.1, -0.05) is 35.3 Å². The Morgan fingerprint density at radius 1 is 1.24 bits per heavy atom. The zero-order chi connectivity index (χ0) is 23.1. The molecule has 34 heavy (non-hydrogen) atoms. The van der Waals surface area contributed by atoms with Gasteiger partial charge in [0.2, 0.25) is 11.7 Å². The first-order valence-corrected chi connectivity index (χ1v) is 12.2. The van der Waals surface area contributed by atoms with Gasteiger partial charge >= 0.3 is 0 Å². The van der Waals surface area contributed by atoms with Gasteiger partial charge in [0.05, 0.1) is 18.7 Å². The van der Waals surface area contributed by atoms with E-state index in [9.17, 15) is 4.79 Å². The Morgan fingerprint density at radius 2 is 2.15 bits per heavy atom. The van der Waals surface area contributed by atoms with Crippen molar-refractivity contribution in [1.29, 1.82) is 0 Å². The Morgan fingerprint density at radius 3 is 3.00 bits per heavy atom. The van der Waals surface area contributed by atoms with Crippen LogP contribution in [-0.4, -0.2) is 61.3 Å². The topological polar surface area (TPSA) is 97.8 Å². The van der Waals surface area contributed by atoms with E-state index in [1.54, 1.807) is 10.6 Å². The van der Waals surface area contributed by atoms with E-state index in [2.05, 4.69) is 24.7 Å². The molecule has 1 aromatic carbocycles. The molecule has 0 saturated carbocycles. The third kappa shape index (κ3) is 4.08. The molecule has 0 aliphatic carbocycles. The number of ether oxygens (including phenoxy) is 1. The second-order valence-electron chi connectivity index (χ2n) is 8.65. The van der Waals surface area contributed by atoms with Crippen LogP contribution in [0.3, 0.4) is 0 Å². The van der Waals surface area contributed by atoms with Gasteiger partial charge < -0.3 is 14.6 Å². The third-order valence-electron chi connectivity index (χ3n) is 6.22. The summed E-state index contributed by atoms with van der Waals surface area (Å²) in [4.78, 5) is 21.9. The third-order valence-corrected chi connectivity index (χ3v) is 7.48. The monoisotopic (exact) mass is 476 g/mol. The van der Waals surface area contributed by atoms with Crippen LogP contribution in [-0.2, 0) is 4.74 Å². The first-order valence-electron chi connectivity index (χ1n) is 11.3. The lowest BCUT2D eigenvalue weighted by Crippen LogP contribution is -2.41. The van der Waals surface area contributed by atoms with Crippen LogP contribution in [0.1, 0.15) is 34.3 Å². The maximum absolute atomic E-state index is 12.9. The van der Waals surface area contributed by atoms with Crippen molar-refractivity contribution in [2.75, 3.05) is 31.6 Å².